The summed E-state index contributed by atoms with van der Waals surface area (Å²) < 4.78 is 1.51. The lowest BCUT2D eigenvalue weighted by Crippen LogP contribution is -2.48. The van der Waals surface area contributed by atoms with Crippen molar-refractivity contribution in [3.8, 4) is 11.1 Å². The molecule has 4 aliphatic rings. The maximum absolute atomic E-state index is 13.5. The number of hydrogen-bond acceptors (Lipinski definition) is 9. The van der Waals surface area contributed by atoms with E-state index in [4.69, 9.17) is 10.7 Å². The van der Waals surface area contributed by atoms with Crippen molar-refractivity contribution in [2.45, 2.75) is 64.1 Å². The number of nitrogens with one attached hydrogen (secondary N) is 1. The van der Waals surface area contributed by atoms with Gasteiger partial charge in [-0.25, -0.2) is 4.98 Å². The van der Waals surface area contributed by atoms with Crippen molar-refractivity contribution in [1.29, 1.82) is 0 Å². The molecular formula is C28H32N8O3. The Kier molecular flexibility index (Phi) is 6.38. The molecule has 11 heteroatoms. The van der Waals surface area contributed by atoms with E-state index in [1.165, 1.54) is 11.4 Å². The van der Waals surface area contributed by atoms with E-state index in [1.54, 1.807) is 24.9 Å². The molecule has 2 saturated heterocycles. The van der Waals surface area contributed by atoms with Crippen molar-refractivity contribution in [2.75, 3.05) is 12.3 Å². The van der Waals surface area contributed by atoms with Crippen LogP contribution in [-0.2, 0) is 11.4 Å². The lowest BCUT2D eigenvalue weighted by molar-refractivity contribution is -0.131. The number of carbonyl (C=O) groups excluding carboxylic acids is 2. The molecule has 39 heavy (non-hydrogen) atoms. The van der Waals surface area contributed by atoms with Crippen LogP contribution in [0, 0.1) is 5.92 Å². The number of carbonyl (C=O) groups is 2. The van der Waals surface area contributed by atoms with Gasteiger partial charge >= 0.3 is 0 Å². The molecule has 4 unspecified atom stereocenters. The third kappa shape index (κ3) is 4.46. The Hall–Kier alpha value is -4.12. The molecule has 0 spiro atoms. The minimum atomic E-state index is -0.160. The second-order valence-corrected chi connectivity index (χ2v) is 10.8. The fourth-order valence-electron chi connectivity index (χ4n) is 6.30. The highest BCUT2D eigenvalue weighted by atomic mass is 16.3. The van der Waals surface area contributed by atoms with Crippen LogP contribution in [0.4, 0.5) is 5.82 Å². The zero-order valence-electron chi connectivity index (χ0n) is 22.0. The SMILES string of the molecule is CC(=O)c1c(C2CC3CCC(C2)N(C(=O)C2=CC(C)N=CN2)C3)nc2c(-c3cncc(CO)c3)cnn2c1N. The van der Waals surface area contributed by atoms with E-state index in [9.17, 15) is 14.7 Å². The first kappa shape index (κ1) is 25.2. The molecule has 1 saturated carbocycles. The Morgan fingerprint density at radius 3 is 2.82 bits per heavy atom. The van der Waals surface area contributed by atoms with Gasteiger partial charge in [-0.05, 0) is 63.2 Å². The second-order valence-electron chi connectivity index (χ2n) is 10.8. The molecule has 6 heterocycles. The van der Waals surface area contributed by atoms with Crippen molar-refractivity contribution < 1.29 is 14.7 Å². The number of aliphatic hydroxyl groups is 1. The summed E-state index contributed by atoms with van der Waals surface area (Å²) in [7, 11) is 0. The van der Waals surface area contributed by atoms with Gasteiger partial charge in [-0.15, -0.1) is 0 Å². The smallest absolute Gasteiger partial charge is 0.270 e. The first-order valence-corrected chi connectivity index (χ1v) is 13.4. The topological polar surface area (TPSA) is 151 Å². The fourth-order valence-corrected chi connectivity index (χ4v) is 6.30. The number of piperidine rings is 1. The number of nitrogens with zero attached hydrogens (tertiary/aromatic N) is 6. The van der Waals surface area contributed by atoms with Crippen LogP contribution in [0.1, 0.15) is 67.1 Å². The van der Waals surface area contributed by atoms with Crippen LogP contribution < -0.4 is 11.1 Å². The Bertz CT molecular complexity index is 1530. The highest BCUT2D eigenvalue weighted by molar-refractivity contribution is 6.00. The number of Topliss-reactive ketones (excluding diaryl/α,β-unsaturated/α-hetero) is 1. The number of rotatable bonds is 5. The molecule has 3 aromatic heterocycles. The van der Waals surface area contributed by atoms with E-state index in [0.717, 1.165) is 30.4 Å². The van der Waals surface area contributed by atoms with Crippen LogP contribution >= 0.6 is 0 Å². The predicted octanol–water partition coefficient (Wildman–Crippen LogP) is 2.46. The normalized spacial score (nSPS) is 24.4. The number of anilines is 1. The van der Waals surface area contributed by atoms with Gasteiger partial charge in [0.25, 0.3) is 5.91 Å². The first-order chi connectivity index (χ1) is 18.8. The van der Waals surface area contributed by atoms with Crippen molar-refractivity contribution in [1.82, 2.24) is 29.8 Å². The van der Waals surface area contributed by atoms with Gasteiger partial charge in [0.15, 0.2) is 11.4 Å². The first-order valence-electron chi connectivity index (χ1n) is 13.4. The molecule has 3 aromatic rings. The molecule has 1 aliphatic carbocycles. The molecule has 11 nitrogen and oxygen atoms in total. The second kappa shape index (κ2) is 9.88. The van der Waals surface area contributed by atoms with E-state index in [0.29, 0.717) is 47.0 Å². The molecule has 1 amide bonds. The van der Waals surface area contributed by atoms with Gasteiger partial charge in [0.05, 0.1) is 36.4 Å². The average Bonchev–Trinajstić information content (AvgIpc) is 3.15. The Morgan fingerprint density at radius 1 is 1.21 bits per heavy atom. The number of aliphatic hydroxyl groups excluding tert-OH is 1. The van der Waals surface area contributed by atoms with Crippen LogP contribution in [0.3, 0.4) is 0 Å². The van der Waals surface area contributed by atoms with Crippen LogP contribution in [0.5, 0.6) is 0 Å². The average molecular weight is 529 g/mol. The van der Waals surface area contributed by atoms with Gasteiger partial charge in [0, 0.05) is 42.0 Å². The predicted molar refractivity (Wildman–Crippen MR) is 146 cm³/mol. The molecule has 7 rings (SSSR count). The molecule has 2 bridgehead atoms. The van der Waals surface area contributed by atoms with E-state index >= 15 is 0 Å². The van der Waals surface area contributed by atoms with Gasteiger partial charge in [-0.3, -0.25) is 19.6 Å². The monoisotopic (exact) mass is 528 g/mol. The van der Waals surface area contributed by atoms with E-state index in [-0.39, 0.29) is 42.1 Å². The molecule has 202 valence electrons. The van der Waals surface area contributed by atoms with Crippen molar-refractivity contribution in [2.24, 2.45) is 10.9 Å². The highest BCUT2D eigenvalue weighted by Crippen LogP contribution is 2.43. The summed E-state index contributed by atoms with van der Waals surface area (Å²) in [4.78, 5) is 42.0. The van der Waals surface area contributed by atoms with Gasteiger partial charge in [0.1, 0.15) is 11.5 Å². The number of ketones is 1. The number of aromatic nitrogens is 4. The molecule has 3 aliphatic heterocycles. The van der Waals surface area contributed by atoms with E-state index in [1.807, 2.05) is 24.0 Å². The number of amides is 1. The van der Waals surface area contributed by atoms with Gasteiger partial charge in [0.2, 0.25) is 0 Å². The number of aliphatic imine (C=N–C) groups is 1. The maximum atomic E-state index is 13.5. The lowest BCUT2D eigenvalue weighted by atomic mass is 9.88. The van der Waals surface area contributed by atoms with E-state index < -0.39 is 0 Å². The zero-order chi connectivity index (χ0) is 27.3. The minimum absolute atomic E-state index is 0.00703. The van der Waals surface area contributed by atoms with Crippen molar-refractivity contribution >= 4 is 29.5 Å². The largest absolute Gasteiger partial charge is 0.392 e. The Morgan fingerprint density at radius 2 is 2.05 bits per heavy atom. The zero-order valence-corrected chi connectivity index (χ0v) is 22.0. The van der Waals surface area contributed by atoms with Crippen LogP contribution in [-0.4, -0.2) is 66.2 Å². The fraction of sp³-hybridized carbons (Fsp3) is 0.429. The Balaban J connectivity index is 1.40. The summed E-state index contributed by atoms with van der Waals surface area (Å²) in [6.45, 7) is 4.00. The van der Waals surface area contributed by atoms with Crippen LogP contribution in [0.15, 0.2) is 41.4 Å². The van der Waals surface area contributed by atoms with Crippen molar-refractivity contribution in [3.63, 3.8) is 0 Å². The minimum Gasteiger partial charge on any atom is -0.392 e. The Labute approximate surface area is 225 Å². The highest BCUT2D eigenvalue weighted by Gasteiger charge is 2.41. The summed E-state index contributed by atoms with van der Waals surface area (Å²) >= 11 is 0. The number of fused-ring (bicyclic) bond motifs is 5. The van der Waals surface area contributed by atoms with Gasteiger partial charge in [-0.2, -0.15) is 9.61 Å². The maximum Gasteiger partial charge on any atom is 0.270 e. The molecule has 4 atom stereocenters. The van der Waals surface area contributed by atoms with Gasteiger partial charge < -0.3 is 21.1 Å². The third-order valence-corrected chi connectivity index (χ3v) is 8.14. The number of nitrogens with two attached hydrogens (primary N) is 1. The number of nitrogen functional groups attached to an aromatic ring is 1. The molecule has 0 aromatic carbocycles. The summed E-state index contributed by atoms with van der Waals surface area (Å²) in [6, 6.07) is 1.83. The van der Waals surface area contributed by atoms with Crippen LogP contribution in [0.2, 0.25) is 0 Å². The van der Waals surface area contributed by atoms with Crippen molar-refractivity contribution in [3.05, 3.63) is 53.3 Å². The lowest BCUT2D eigenvalue weighted by Gasteiger charge is -2.37. The van der Waals surface area contributed by atoms with Gasteiger partial charge in [-0.1, -0.05) is 0 Å². The summed E-state index contributed by atoms with van der Waals surface area (Å²) in [5.74, 6) is 0.348. The summed E-state index contributed by atoms with van der Waals surface area (Å²) in [5.41, 5.74) is 10.9. The quantitative estimate of drug-likeness (QED) is 0.427. The molecule has 3 fully saturated rings. The molecule has 0 radical (unpaired) electrons. The standard InChI is InChI=1S/C28H32N8O3/c1-15-5-23(32-14-31-15)28(39)35-12-17-3-4-21(35)8-19(6-17)25-24(16(2)38)26(29)36-27(34-25)22(11-33-36)20-7-18(13-37)9-30-10-20/h5,7,9-11,14-15,17,19,21,37H,3-4,6,8,12-13,29H2,1-2H3,(H,31,32). The third-order valence-electron chi connectivity index (χ3n) is 8.14. The number of hydrogen-bond donors (Lipinski definition) is 3. The number of pyridine rings is 1. The summed E-state index contributed by atoms with van der Waals surface area (Å²) in [6.07, 6.45) is 11.9. The molecule has 4 N–H and O–H groups in total. The van der Waals surface area contributed by atoms with Crippen LogP contribution in [0.25, 0.3) is 16.8 Å². The summed E-state index contributed by atoms with van der Waals surface area (Å²) in [5, 5.41) is 17.1. The molecular weight excluding hydrogens is 496 g/mol. The van der Waals surface area contributed by atoms with E-state index in [2.05, 4.69) is 20.4 Å².